The van der Waals surface area contributed by atoms with E-state index in [1.807, 2.05) is 49.7 Å². The molecule has 26 heavy (non-hydrogen) atoms. The molecule has 1 atom stereocenters. The van der Waals surface area contributed by atoms with Crippen LogP contribution in [0.2, 0.25) is 0 Å². The lowest BCUT2D eigenvalue weighted by Gasteiger charge is -2.34. The van der Waals surface area contributed by atoms with E-state index in [9.17, 15) is 9.59 Å². The summed E-state index contributed by atoms with van der Waals surface area (Å²) in [6, 6.07) is 5.94. The van der Waals surface area contributed by atoms with Crippen molar-refractivity contribution in [3.63, 3.8) is 0 Å². The quantitative estimate of drug-likeness (QED) is 0.867. The SMILES string of the molecule is Cc1cccc(C)c1NC(=O)C1(C)CCC(=O)N1CCCn1ccnc1. The largest absolute Gasteiger partial charge is 0.337 e. The highest BCUT2D eigenvalue weighted by Gasteiger charge is 2.47. The van der Waals surface area contributed by atoms with Gasteiger partial charge in [0.05, 0.1) is 6.33 Å². The molecular formula is C20H26N4O2. The predicted octanol–water partition coefficient (Wildman–Crippen LogP) is 2.91. The standard InChI is InChI=1S/C20H26N4O2/c1-15-6-4-7-16(2)18(15)22-19(26)20(3)9-8-17(25)24(20)12-5-11-23-13-10-21-14-23/h4,6-7,10,13-14H,5,8-9,11-12H2,1-3H3,(H,22,26). The van der Waals surface area contributed by atoms with Gasteiger partial charge in [-0.25, -0.2) is 4.98 Å². The van der Waals surface area contributed by atoms with E-state index in [0.717, 1.165) is 29.8 Å². The van der Waals surface area contributed by atoms with Crippen molar-refractivity contribution in [2.24, 2.45) is 0 Å². The van der Waals surface area contributed by atoms with Gasteiger partial charge in [-0.2, -0.15) is 0 Å². The van der Waals surface area contributed by atoms with Crippen LogP contribution in [0.4, 0.5) is 5.69 Å². The number of nitrogens with zero attached hydrogens (tertiary/aromatic N) is 3. The number of rotatable bonds is 6. The molecule has 6 nitrogen and oxygen atoms in total. The number of nitrogens with one attached hydrogen (secondary N) is 1. The first kappa shape index (κ1) is 18.2. The number of anilines is 1. The van der Waals surface area contributed by atoms with Gasteiger partial charge in [0.25, 0.3) is 0 Å². The summed E-state index contributed by atoms with van der Waals surface area (Å²) < 4.78 is 1.98. The Bertz CT molecular complexity index is 780. The van der Waals surface area contributed by atoms with Gasteiger partial charge < -0.3 is 14.8 Å². The molecule has 1 N–H and O–H groups in total. The summed E-state index contributed by atoms with van der Waals surface area (Å²) in [5.74, 6) is -0.0573. The van der Waals surface area contributed by atoms with Crippen molar-refractivity contribution in [2.45, 2.75) is 52.1 Å². The number of aromatic nitrogens is 2. The van der Waals surface area contributed by atoms with E-state index in [2.05, 4.69) is 10.3 Å². The van der Waals surface area contributed by atoms with Crippen LogP contribution in [0.25, 0.3) is 0 Å². The Morgan fingerprint density at radius 3 is 2.65 bits per heavy atom. The van der Waals surface area contributed by atoms with Gasteiger partial charge in [-0.05, 0) is 44.7 Å². The lowest BCUT2D eigenvalue weighted by molar-refractivity contribution is -0.137. The van der Waals surface area contributed by atoms with E-state index >= 15 is 0 Å². The second-order valence-electron chi connectivity index (χ2n) is 7.19. The molecule has 0 spiro atoms. The number of aryl methyl sites for hydroxylation is 3. The number of hydrogen-bond donors (Lipinski definition) is 1. The number of hydrogen-bond acceptors (Lipinski definition) is 3. The molecule has 1 saturated heterocycles. The normalized spacial score (nSPS) is 19.8. The third-order valence-corrected chi connectivity index (χ3v) is 5.29. The average molecular weight is 354 g/mol. The highest BCUT2D eigenvalue weighted by Crippen LogP contribution is 2.32. The number of imidazole rings is 1. The van der Waals surface area contributed by atoms with Gasteiger partial charge in [-0.3, -0.25) is 9.59 Å². The van der Waals surface area contributed by atoms with Crippen LogP contribution in [-0.2, 0) is 16.1 Å². The second-order valence-corrected chi connectivity index (χ2v) is 7.19. The van der Waals surface area contributed by atoms with Gasteiger partial charge >= 0.3 is 0 Å². The lowest BCUT2D eigenvalue weighted by Crippen LogP contribution is -2.52. The van der Waals surface area contributed by atoms with Crippen molar-refractivity contribution in [2.75, 3.05) is 11.9 Å². The maximum Gasteiger partial charge on any atom is 0.250 e. The minimum atomic E-state index is -0.805. The minimum Gasteiger partial charge on any atom is -0.337 e. The third-order valence-electron chi connectivity index (χ3n) is 5.29. The van der Waals surface area contributed by atoms with Crippen LogP contribution in [-0.4, -0.2) is 38.3 Å². The molecule has 2 heterocycles. The summed E-state index contributed by atoms with van der Waals surface area (Å²) in [4.78, 5) is 31.2. The zero-order valence-corrected chi connectivity index (χ0v) is 15.7. The van der Waals surface area contributed by atoms with Gasteiger partial charge in [0.2, 0.25) is 11.8 Å². The van der Waals surface area contributed by atoms with E-state index < -0.39 is 5.54 Å². The lowest BCUT2D eigenvalue weighted by atomic mass is 9.96. The van der Waals surface area contributed by atoms with E-state index in [1.165, 1.54) is 0 Å². The Hall–Kier alpha value is -2.63. The third kappa shape index (κ3) is 3.49. The van der Waals surface area contributed by atoms with Crippen LogP contribution < -0.4 is 5.32 Å². The summed E-state index contributed by atoms with van der Waals surface area (Å²) in [5.41, 5.74) is 2.09. The summed E-state index contributed by atoms with van der Waals surface area (Å²) in [6.07, 6.45) is 7.16. The Balaban J connectivity index is 1.71. The van der Waals surface area contributed by atoms with Crippen molar-refractivity contribution in [3.05, 3.63) is 48.0 Å². The molecule has 0 saturated carbocycles. The number of benzene rings is 1. The van der Waals surface area contributed by atoms with Crippen LogP contribution in [0.1, 0.15) is 37.3 Å². The van der Waals surface area contributed by atoms with Gasteiger partial charge in [0, 0.05) is 37.6 Å². The van der Waals surface area contributed by atoms with Crippen LogP contribution in [0.15, 0.2) is 36.9 Å². The van der Waals surface area contributed by atoms with E-state index in [-0.39, 0.29) is 11.8 Å². The first-order valence-corrected chi connectivity index (χ1v) is 9.06. The number of amides is 2. The van der Waals surface area contributed by atoms with E-state index in [0.29, 0.717) is 19.4 Å². The highest BCUT2D eigenvalue weighted by molar-refractivity contribution is 6.02. The van der Waals surface area contributed by atoms with Gasteiger partial charge in [-0.1, -0.05) is 18.2 Å². The molecule has 1 fully saturated rings. The Morgan fingerprint density at radius 2 is 2.00 bits per heavy atom. The number of para-hydroxylation sites is 1. The van der Waals surface area contributed by atoms with Crippen molar-refractivity contribution in [1.82, 2.24) is 14.5 Å². The van der Waals surface area contributed by atoms with Crippen molar-refractivity contribution < 1.29 is 9.59 Å². The number of carbonyl (C=O) groups is 2. The van der Waals surface area contributed by atoms with Crippen molar-refractivity contribution >= 4 is 17.5 Å². The fourth-order valence-electron chi connectivity index (χ4n) is 3.59. The molecule has 0 aliphatic carbocycles. The highest BCUT2D eigenvalue weighted by atomic mass is 16.2. The molecule has 1 aromatic heterocycles. The van der Waals surface area contributed by atoms with Crippen LogP contribution in [0, 0.1) is 13.8 Å². The van der Waals surface area contributed by atoms with E-state index in [1.54, 1.807) is 17.4 Å². The van der Waals surface area contributed by atoms with Crippen LogP contribution in [0.5, 0.6) is 0 Å². The van der Waals surface area contributed by atoms with E-state index in [4.69, 9.17) is 0 Å². The Labute approximate surface area is 154 Å². The fraction of sp³-hybridized carbons (Fsp3) is 0.450. The molecule has 138 valence electrons. The van der Waals surface area contributed by atoms with Gasteiger partial charge in [-0.15, -0.1) is 0 Å². The van der Waals surface area contributed by atoms with Crippen molar-refractivity contribution in [1.29, 1.82) is 0 Å². The molecule has 0 radical (unpaired) electrons. The molecular weight excluding hydrogens is 328 g/mol. The topological polar surface area (TPSA) is 67.2 Å². The minimum absolute atomic E-state index is 0.0507. The van der Waals surface area contributed by atoms with Crippen LogP contribution in [0.3, 0.4) is 0 Å². The molecule has 0 bridgehead atoms. The summed E-state index contributed by atoms with van der Waals surface area (Å²) in [6.45, 7) is 7.17. The van der Waals surface area contributed by atoms with Crippen LogP contribution >= 0.6 is 0 Å². The Kier molecular flexibility index (Phi) is 5.11. The monoisotopic (exact) mass is 354 g/mol. The molecule has 3 rings (SSSR count). The van der Waals surface area contributed by atoms with Crippen molar-refractivity contribution in [3.8, 4) is 0 Å². The molecule has 2 aromatic rings. The molecule has 1 unspecified atom stereocenters. The maximum absolute atomic E-state index is 13.1. The maximum atomic E-state index is 13.1. The predicted molar refractivity (Wildman–Crippen MR) is 101 cm³/mol. The average Bonchev–Trinajstić information content (AvgIpc) is 3.22. The number of carbonyl (C=O) groups excluding carboxylic acids is 2. The number of likely N-dealkylation sites (tertiary alicyclic amines) is 1. The molecule has 1 aromatic carbocycles. The summed E-state index contributed by atoms with van der Waals surface area (Å²) in [7, 11) is 0. The second kappa shape index (κ2) is 7.32. The molecule has 1 aliphatic heterocycles. The first-order chi connectivity index (χ1) is 12.4. The summed E-state index contributed by atoms with van der Waals surface area (Å²) >= 11 is 0. The van der Waals surface area contributed by atoms with Gasteiger partial charge in [0.15, 0.2) is 0 Å². The fourth-order valence-corrected chi connectivity index (χ4v) is 3.59. The summed E-state index contributed by atoms with van der Waals surface area (Å²) in [5, 5.41) is 3.07. The smallest absolute Gasteiger partial charge is 0.250 e. The zero-order valence-electron chi connectivity index (χ0n) is 15.7. The molecule has 1 aliphatic rings. The zero-order chi connectivity index (χ0) is 18.7. The van der Waals surface area contributed by atoms with Gasteiger partial charge in [0.1, 0.15) is 5.54 Å². The Morgan fingerprint density at radius 1 is 1.27 bits per heavy atom. The first-order valence-electron chi connectivity index (χ1n) is 9.06. The molecule has 2 amide bonds. The molecule has 6 heteroatoms.